The van der Waals surface area contributed by atoms with Gasteiger partial charge in [-0.15, -0.1) is 0 Å². The number of aliphatic hydroxyl groups is 1. The Kier molecular flexibility index (Phi) is 4.10. The van der Waals surface area contributed by atoms with Gasteiger partial charge in [-0.1, -0.05) is 23.4 Å². The van der Waals surface area contributed by atoms with E-state index in [2.05, 4.69) is 11.8 Å². The fourth-order valence-corrected chi connectivity index (χ4v) is 1.10. The number of hydrogen-bond donors (Lipinski definition) is 1. The van der Waals surface area contributed by atoms with E-state index in [1.54, 1.807) is 0 Å². The van der Waals surface area contributed by atoms with Crippen molar-refractivity contribution in [1.82, 2.24) is 0 Å². The van der Waals surface area contributed by atoms with Crippen molar-refractivity contribution in [3.63, 3.8) is 0 Å². The zero-order valence-electron chi connectivity index (χ0n) is 7.74. The molecule has 1 rings (SSSR count). The van der Waals surface area contributed by atoms with E-state index in [0.717, 1.165) is 0 Å². The van der Waals surface area contributed by atoms with Crippen molar-refractivity contribution in [3.05, 3.63) is 38.9 Å². The molecule has 0 aliphatic carbocycles. The number of halogens is 1. The lowest BCUT2D eigenvalue weighted by molar-refractivity contribution is -0.384. The average Bonchev–Trinajstić information content (AvgIpc) is 2.20. The van der Waals surface area contributed by atoms with Crippen molar-refractivity contribution >= 4 is 17.3 Å². The molecule has 0 saturated carbocycles. The Balaban J connectivity index is 3.02. The van der Waals surface area contributed by atoms with Gasteiger partial charge in [-0.2, -0.15) is 0 Å². The monoisotopic (exact) mass is 225 g/mol. The lowest BCUT2D eigenvalue weighted by Gasteiger charge is -1.95. The number of hydrogen-bond acceptors (Lipinski definition) is 3. The van der Waals surface area contributed by atoms with Gasteiger partial charge in [0.2, 0.25) is 0 Å². The van der Waals surface area contributed by atoms with Crippen LogP contribution in [0.4, 0.5) is 5.69 Å². The second-order valence-corrected chi connectivity index (χ2v) is 3.10. The number of non-ortho nitro benzene ring substituents is 1. The smallest absolute Gasteiger partial charge is 0.270 e. The molecule has 0 amide bonds. The van der Waals surface area contributed by atoms with Crippen LogP contribution in [0, 0.1) is 22.0 Å². The third kappa shape index (κ3) is 3.24. The van der Waals surface area contributed by atoms with Crippen molar-refractivity contribution in [3.8, 4) is 11.8 Å². The minimum atomic E-state index is -0.506. The van der Waals surface area contributed by atoms with E-state index < -0.39 is 4.92 Å². The zero-order valence-corrected chi connectivity index (χ0v) is 8.49. The van der Waals surface area contributed by atoms with E-state index in [1.165, 1.54) is 18.2 Å². The van der Waals surface area contributed by atoms with Gasteiger partial charge < -0.3 is 5.11 Å². The summed E-state index contributed by atoms with van der Waals surface area (Å²) in [6, 6.07) is 4.06. The van der Waals surface area contributed by atoms with Gasteiger partial charge in [0.25, 0.3) is 5.69 Å². The standard InChI is InChI=1S/C10H8ClNO3/c11-10-5-4-9(12(14)15)7-8(10)3-1-2-6-13/h4-5,7,13H,2,6H2. The highest BCUT2D eigenvalue weighted by Crippen LogP contribution is 2.20. The minimum Gasteiger partial charge on any atom is -0.395 e. The van der Waals surface area contributed by atoms with Gasteiger partial charge in [0, 0.05) is 24.1 Å². The predicted octanol–water partition coefficient (Wildman–Crippen LogP) is 1.98. The van der Waals surface area contributed by atoms with Crippen LogP contribution in [0.1, 0.15) is 12.0 Å². The van der Waals surface area contributed by atoms with E-state index in [0.29, 0.717) is 17.0 Å². The van der Waals surface area contributed by atoms with Crippen LogP contribution in [-0.4, -0.2) is 16.6 Å². The molecule has 0 spiro atoms. The van der Waals surface area contributed by atoms with Crippen LogP contribution in [0.2, 0.25) is 5.02 Å². The molecule has 0 bridgehead atoms. The molecule has 5 heteroatoms. The summed E-state index contributed by atoms with van der Waals surface area (Å²) in [6.07, 6.45) is 0.318. The van der Waals surface area contributed by atoms with Gasteiger partial charge >= 0.3 is 0 Å². The largest absolute Gasteiger partial charge is 0.395 e. The summed E-state index contributed by atoms with van der Waals surface area (Å²) in [7, 11) is 0. The van der Waals surface area contributed by atoms with Crippen molar-refractivity contribution in [2.24, 2.45) is 0 Å². The number of benzene rings is 1. The van der Waals surface area contributed by atoms with Crippen molar-refractivity contribution in [2.45, 2.75) is 6.42 Å². The molecular weight excluding hydrogens is 218 g/mol. The molecule has 4 nitrogen and oxygen atoms in total. The molecule has 15 heavy (non-hydrogen) atoms. The molecule has 0 aliphatic heterocycles. The Hall–Kier alpha value is -1.57. The fraction of sp³-hybridized carbons (Fsp3) is 0.200. The molecule has 1 aromatic rings. The zero-order chi connectivity index (χ0) is 11.3. The first kappa shape index (κ1) is 11.5. The highest BCUT2D eigenvalue weighted by molar-refractivity contribution is 6.31. The third-order valence-corrected chi connectivity index (χ3v) is 1.95. The van der Waals surface area contributed by atoms with Gasteiger partial charge in [0.15, 0.2) is 0 Å². The average molecular weight is 226 g/mol. The highest BCUT2D eigenvalue weighted by Gasteiger charge is 2.07. The summed E-state index contributed by atoms with van der Waals surface area (Å²) in [5.74, 6) is 5.31. The van der Waals surface area contributed by atoms with E-state index in [4.69, 9.17) is 16.7 Å². The molecule has 1 aromatic carbocycles. The van der Waals surface area contributed by atoms with Crippen LogP contribution in [-0.2, 0) is 0 Å². The van der Waals surface area contributed by atoms with Gasteiger partial charge in [-0.3, -0.25) is 10.1 Å². The maximum atomic E-state index is 10.5. The van der Waals surface area contributed by atoms with Crippen LogP contribution in [0.5, 0.6) is 0 Å². The Labute approximate surface area is 91.6 Å². The topological polar surface area (TPSA) is 63.4 Å². The SMILES string of the molecule is O=[N+]([O-])c1ccc(Cl)c(C#CCCO)c1. The molecule has 0 radical (unpaired) electrons. The van der Waals surface area contributed by atoms with Crippen molar-refractivity contribution < 1.29 is 10.0 Å². The summed E-state index contributed by atoms with van der Waals surface area (Å²) in [5, 5.41) is 19.3. The van der Waals surface area contributed by atoms with Gasteiger partial charge in [0.05, 0.1) is 16.6 Å². The maximum absolute atomic E-state index is 10.5. The molecule has 0 aliphatic rings. The van der Waals surface area contributed by atoms with Crippen molar-refractivity contribution in [1.29, 1.82) is 0 Å². The fourth-order valence-electron chi connectivity index (χ4n) is 0.936. The van der Waals surface area contributed by atoms with Crippen LogP contribution in [0.15, 0.2) is 18.2 Å². The van der Waals surface area contributed by atoms with E-state index in [-0.39, 0.29) is 12.3 Å². The molecule has 78 valence electrons. The lowest BCUT2D eigenvalue weighted by Crippen LogP contribution is -1.89. The van der Waals surface area contributed by atoms with Crippen LogP contribution < -0.4 is 0 Å². The number of nitro benzene ring substituents is 1. The molecule has 0 aromatic heterocycles. The molecule has 0 atom stereocenters. The van der Waals surface area contributed by atoms with Gasteiger partial charge in [0.1, 0.15) is 0 Å². The summed E-state index contributed by atoms with van der Waals surface area (Å²) in [5.41, 5.74) is 0.354. The van der Waals surface area contributed by atoms with Crippen LogP contribution in [0.25, 0.3) is 0 Å². The Morgan fingerprint density at radius 1 is 1.53 bits per heavy atom. The number of aliphatic hydroxyl groups excluding tert-OH is 1. The predicted molar refractivity (Wildman–Crippen MR) is 56.7 cm³/mol. The summed E-state index contributed by atoms with van der Waals surface area (Å²) in [6.45, 7) is -0.0421. The Morgan fingerprint density at radius 2 is 2.27 bits per heavy atom. The number of nitro groups is 1. The number of nitrogens with zero attached hydrogens (tertiary/aromatic N) is 1. The molecule has 0 fully saturated rings. The highest BCUT2D eigenvalue weighted by atomic mass is 35.5. The van der Waals surface area contributed by atoms with Gasteiger partial charge in [-0.25, -0.2) is 0 Å². The van der Waals surface area contributed by atoms with E-state index in [9.17, 15) is 10.1 Å². The summed E-state index contributed by atoms with van der Waals surface area (Å²) < 4.78 is 0. The second kappa shape index (κ2) is 5.35. The first-order valence-electron chi connectivity index (χ1n) is 4.19. The Bertz CT molecular complexity index is 434. The second-order valence-electron chi connectivity index (χ2n) is 2.70. The van der Waals surface area contributed by atoms with Crippen LogP contribution >= 0.6 is 11.6 Å². The van der Waals surface area contributed by atoms with E-state index >= 15 is 0 Å². The molecule has 0 saturated heterocycles. The molecule has 0 unspecified atom stereocenters. The third-order valence-electron chi connectivity index (χ3n) is 1.62. The minimum absolute atomic E-state index is 0.0421. The normalized spacial score (nSPS) is 9.20. The molecule has 1 N–H and O–H groups in total. The number of rotatable bonds is 2. The first-order valence-corrected chi connectivity index (χ1v) is 4.56. The summed E-state index contributed by atoms with van der Waals surface area (Å²) >= 11 is 5.79. The van der Waals surface area contributed by atoms with Gasteiger partial charge in [-0.05, 0) is 6.07 Å². The quantitative estimate of drug-likeness (QED) is 0.476. The van der Waals surface area contributed by atoms with E-state index in [1.807, 2.05) is 0 Å². The van der Waals surface area contributed by atoms with Crippen molar-refractivity contribution in [2.75, 3.05) is 6.61 Å². The summed E-state index contributed by atoms with van der Waals surface area (Å²) in [4.78, 5) is 9.96. The Morgan fingerprint density at radius 3 is 2.87 bits per heavy atom. The lowest BCUT2D eigenvalue weighted by atomic mass is 10.2. The maximum Gasteiger partial charge on any atom is 0.270 e. The first-order chi connectivity index (χ1) is 7.15. The molecule has 0 heterocycles. The van der Waals surface area contributed by atoms with Crippen LogP contribution in [0.3, 0.4) is 0 Å². The molecular formula is C10H8ClNO3.